The van der Waals surface area contributed by atoms with Crippen molar-refractivity contribution in [2.45, 2.75) is 44.1 Å². The van der Waals surface area contributed by atoms with E-state index in [9.17, 15) is 28.0 Å². The molecular weight excluding hydrogens is 440 g/mol. The third kappa shape index (κ3) is 3.90. The Hall–Kier alpha value is -3.14. The molecule has 2 aromatic rings. The number of amides is 4. The number of carbonyl (C=O) groups excluding carboxylic acids is 4. The number of primary amides is 1. The molecule has 2 heterocycles. The quantitative estimate of drug-likeness (QED) is 0.525. The predicted octanol–water partition coefficient (Wildman–Crippen LogP) is 3.51. The number of ketones is 1. The highest BCUT2D eigenvalue weighted by Gasteiger charge is 2.55. The number of benzene rings is 1. The number of nitrogens with two attached hydrogens (primary N) is 1. The van der Waals surface area contributed by atoms with E-state index in [1.807, 2.05) is 6.92 Å². The van der Waals surface area contributed by atoms with Gasteiger partial charge in [0.15, 0.2) is 5.78 Å². The Morgan fingerprint density at radius 1 is 1.16 bits per heavy atom. The van der Waals surface area contributed by atoms with Crippen LogP contribution in [0.15, 0.2) is 30.3 Å². The van der Waals surface area contributed by atoms with Crippen LogP contribution in [0, 0.1) is 6.92 Å². The highest BCUT2D eigenvalue weighted by atomic mass is 32.1. The summed E-state index contributed by atoms with van der Waals surface area (Å²) in [4.78, 5) is 51.5. The van der Waals surface area contributed by atoms with Crippen molar-refractivity contribution in [3.8, 4) is 10.4 Å². The van der Waals surface area contributed by atoms with Gasteiger partial charge in [0.2, 0.25) is 11.8 Å². The van der Waals surface area contributed by atoms with Crippen LogP contribution in [0.1, 0.15) is 51.3 Å². The first-order valence-electron chi connectivity index (χ1n) is 10.1. The molecule has 0 radical (unpaired) electrons. The molecule has 2 fully saturated rings. The largest absolute Gasteiger partial charge is 0.366 e. The van der Waals surface area contributed by atoms with Gasteiger partial charge in [0.25, 0.3) is 5.91 Å². The van der Waals surface area contributed by atoms with Crippen LogP contribution in [0.3, 0.4) is 0 Å². The van der Waals surface area contributed by atoms with E-state index in [0.717, 1.165) is 20.9 Å². The van der Waals surface area contributed by atoms with Crippen molar-refractivity contribution in [3.63, 3.8) is 0 Å². The van der Waals surface area contributed by atoms with Crippen LogP contribution in [-0.2, 0) is 4.79 Å². The molecule has 3 N–H and O–H groups in total. The number of imide groups is 1. The second-order valence-corrected chi connectivity index (χ2v) is 9.30. The summed E-state index contributed by atoms with van der Waals surface area (Å²) in [7, 11) is 0. The minimum absolute atomic E-state index is 0.159. The lowest BCUT2D eigenvalue weighted by atomic mass is 9.80. The lowest BCUT2D eigenvalue weighted by Crippen LogP contribution is -2.51. The number of rotatable bonds is 5. The average molecular weight is 461 g/mol. The van der Waals surface area contributed by atoms with E-state index in [1.165, 1.54) is 11.3 Å². The van der Waals surface area contributed by atoms with Crippen LogP contribution in [0.25, 0.3) is 10.4 Å². The van der Waals surface area contributed by atoms with Crippen LogP contribution < -0.4 is 11.1 Å². The molecular formula is C22H21F2N3O4S. The molecule has 2 aliphatic rings. The van der Waals surface area contributed by atoms with Crippen LogP contribution in [0.2, 0.25) is 0 Å². The van der Waals surface area contributed by atoms with Gasteiger partial charge >= 0.3 is 6.03 Å². The molecule has 1 aliphatic heterocycles. The first-order chi connectivity index (χ1) is 15.0. The molecule has 32 heavy (non-hydrogen) atoms. The van der Waals surface area contributed by atoms with Crippen molar-refractivity contribution in [2.24, 2.45) is 5.73 Å². The normalized spacial score (nSPS) is 19.3. The minimum Gasteiger partial charge on any atom is -0.366 e. The fraction of sp³-hybridized carbons (Fsp3) is 0.364. The molecule has 0 atom stereocenters. The van der Waals surface area contributed by atoms with E-state index in [1.54, 1.807) is 30.3 Å². The number of thiophene rings is 1. The molecule has 1 saturated carbocycles. The minimum atomic E-state index is -2.85. The van der Waals surface area contributed by atoms with Gasteiger partial charge in [-0.05, 0) is 49.1 Å². The molecule has 168 valence electrons. The van der Waals surface area contributed by atoms with E-state index < -0.39 is 54.5 Å². The molecule has 0 unspecified atom stereocenters. The number of aryl methyl sites for hydroxylation is 1. The van der Waals surface area contributed by atoms with Crippen LogP contribution >= 0.6 is 11.3 Å². The number of hydrogen-bond donors (Lipinski definition) is 2. The smallest absolute Gasteiger partial charge is 0.325 e. The molecule has 1 spiro atoms. The molecule has 7 nitrogen and oxygen atoms in total. The average Bonchev–Trinajstić information content (AvgIpc) is 3.24. The fourth-order valence-corrected chi connectivity index (χ4v) is 5.24. The third-order valence-electron chi connectivity index (χ3n) is 5.98. The van der Waals surface area contributed by atoms with Gasteiger partial charge < -0.3 is 11.1 Å². The highest BCUT2D eigenvalue weighted by Crippen LogP contribution is 2.41. The molecule has 4 rings (SSSR count). The van der Waals surface area contributed by atoms with Crippen molar-refractivity contribution in [1.82, 2.24) is 10.2 Å². The molecule has 1 aliphatic carbocycles. The summed E-state index contributed by atoms with van der Waals surface area (Å²) in [5, 5.41) is 2.53. The summed E-state index contributed by atoms with van der Waals surface area (Å²) in [5.41, 5.74) is 5.84. The number of alkyl halides is 2. The monoisotopic (exact) mass is 461 g/mol. The van der Waals surface area contributed by atoms with Crippen molar-refractivity contribution in [1.29, 1.82) is 0 Å². The molecule has 1 saturated heterocycles. The van der Waals surface area contributed by atoms with Crippen LogP contribution in [0.4, 0.5) is 13.6 Å². The van der Waals surface area contributed by atoms with Gasteiger partial charge in [-0.15, -0.1) is 11.3 Å². The summed E-state index contributed by atoms with van der Waals surface area (Å²) in [6.45, 7) is 1.34. The van der Waals surface area contributed by atoms with Gasteiger partial charge in [0.05, 0.1) is 11.4 Å². The van der Waals surface area contributed by atoms with Gasteiger partial charge in [-0.2, -0.15) is 0 Å². The maximum absolute atomic E-state index is 13.5. The number of Topliss-reactive ketones (excluding diaryl/α,β-unsaturated/α-hetero) is 1. The Balaban J connectivity index is 1.52. The molecule has 10 heteroatoms. The Morgan fingerprint density at radius 2 is 1.84 bits per heavy atom. The van der Waals surface area contributed by atoms with E-state index in [-0.39, 0.29) is 12.8 Å². The lowest BCUT2D eigenvalue weighted by Gasteiger charge is -2.34. The summed E-state index contributed by atoms with van der Waals surface area (Å²) in [6, 6.07) is 7.63. The summed E-state index contributed by atoms with van der Waals surface area (Å²) in [5.74, 6) is -4.48. The van der Waals surface area contributed by atoms with E-state index in [2.05, 4.69) is 5.32 Å². The molecule has 4 amide bonds. The Bertz CT molecular complexity index is 1130. The molecule has 0 bridgehead atoms. The lowest BCUT2D eigenvalue weighted by molar-refractivity contribution is -0.135. The van der Waals surface area contributed by atoms with Gasteiger partial charge in [-0.3, -0.25) is 19.3 Å². The van der Waals surface area contributed by atoms with Gasteiger partial charge in [0.1, 0.15) is 5.54 Å². The predicted molar refractivity (Wildman–Crippen MR) is 114 cm³/mol. The third-order valence-corrected chi connectivity index (χ3v) is 7.31. The zero-order chi connectivity index (χ0) is 23.3. The van der Waals surface area contributed by atoms with E-state index >= 15 is 0 Å². The second kappa shape index (κ2) is 7.77. The highest BCUT2D eigenvalue weighted by molar-refractivity contribution is 7.17. The van der Waals surface area contributed by atoms with Gasteiger partial charge in [0, 0.05) is 23.3 Å². The van der Waals surface area contributed by atoms with E-state index in [4.69, 9.17) is 5.73 Å². The summed E-state index contributed by atoms with van der Waals surface area (Å²) >= 11 is 1.18. The Kier molecular flexibility index (Phi) is 5.36. The van der Waals surface area contributed by atoms with Crippen LogP contribution in [0.5, 0.6) is 0 Å². The number of urea groups is 1. The number of nitrogens with one attached hydrogen (secondary N) is 1. The van der Waals surface area contributed by atoms with Gasteiger partial charge in [-0.25, -0.2) is 13.6 Å². The standard InChI is InChI=1S/C22H21F2N3O4S/c1-12-9-16(32-17(12)13-3-2-4-14(10-13)18(25)29)15(28)11-27-19(30)21(26-20(27)31)5-7-22(23,24)8-6-21/h2-4,9-10H,5-8,11H2,1H3,(H2,25,29)(H,26,31). The Labute approximate surface area is 186 Å². The number of halogens is 2. The molecule has 1 aromatic heterocycles. The summed E-state index contributed by atoms with van der Waals surface area (Å²) < 4.78 is 27.1. The zero-order valence-electron chi connectivity index (χ0n) is 17.2. The topological polar surface area (TPSA) is 110 Å². The Morgan fingerprint density at radius 3 is 2.50 bits per heavy atom. The summed E-state index contributed by atoms with van der Waals surface area (Å²) in [6.07, 6.45) is -1.29. The van der Waals surface area contributed by atoms with Gasteiger partial charge in [-0.1, -0.05) is 12.1 Å². The van der Waals surface area contributed by atoms with E-state index in [0.29, 0.717) is 10.4 Å². The maximum atomic E-state index is 13.5. The van der Waals surface area contributed by atoms with Crippen molar-refractivity contribution < 1.29 is 28.0 Å². The zero-order valence-corrected chi connectivity index (χ0v) is 18.1. The van der Waals surface area contributed by atoms with Crippen molar-refractivity contribution in [2.75, 3.05) is 6.54 Å². The second-order valence-electron chi connectivity index (χ2n) is 8.25. The number of carbonyl (C=O) groups is 4. The maximum Gasteiger partial charge on any atom is 0.325 e. The van der Waals surface area contributed by atoms with Crippen LogP contribution in [-0.4, -0.2) is 46.5 Å². The SMILES string of the molecule is Cc1cc(C(=O)CN2C(=O)NC3(CCC(F)(F)CC3)C2=O)sc1-c1cccc(C(N)=O)c1. The first kappa shape index (κ1) is 22.1. The molecule has 1 aromatic carbocycles. The number of hydrogen-bond acceptors (Lipinski definition) is 5. The first-order valence-corrected chi connectivity index (χ1v) is 10.9. The number of nitrogens with zero attached hydrogens (tertiary/aromatic N) is 1. The fourth-order valence-electron chi connectivity index (χ4n) is 4.14. The van der Waals surface area contributed by atoms with Crippen molar-refractivity contribution >= 4 is 35.0 Å². The van der Waals surface area contributed by atoms with Crippen molar-refractivity contribution in [3.05, 3.63) is 46.3 Å².